The molecule has 2 aromatic rings. The maximum atomic E-state index is 12.9. The van der Waals surface area contributed by atoms with Gasteiger partial charge in [-0.15, -0.1) is 0 Å². The Balaban J connectivity index is 2.37. The molecule has 0 amide bonds. The largest absolute Gasteiger partial charge is 0.502 e. The second-order valence-corrected chi connectivity index (χ2v) is 4.71. The number of para-hydroxylation sites is 1. The normalized spacial score (nSPS) is 11.6. The highest BCUT2D eigenvalue weighted by Crippen LogP contribution is 2.33. The number of carbonyl (C=O) groups excluding carboxylic acids is 1. The predicted octanol–water partition coefficient (Wildman–Crippen LogP) is 4.22. The molecular formula is C16H10F3NO4. The lowest BCUT2D eigenvalue weighted by Gasteiger charge is -2.09. The third kappa shape index (κ3) is 3.60. The number of ketones is 1. The molecule has 0 aromatic heterocycles. The van der Waals surface area contributed by atoms with Crippen LogP contribution in [0.5, 0.6) is 5.75 Å². The summed E-state index contributed by atoms with van der Waals surface area (Å²) < 4.78 is 38.6. The van der Waals surface area contributed by atoms with Gasteiger partial charge >= 0.3 is 11.9 Å². The Hall–Kier alpha value is -3.16. The van der Waals surface area contributed by atoms with Crippen molar-refractivity contribution in [1.82, 2.24) is 0 Å². The molecule has 5 nitrogen and oxygen atoms in total. The summed E-state index contributed by atoms with van der Waals surface area (Å²) in [4.78, 5) is 21.9. The summed E-state index contributed by atoms with van der Waals surface area (Å²) in [6, 6.07) is 8.00. The number of phenols is 1. The molecule has 0 radical (unpaired) electrons. The summed E-state index contributed by atoms with van der Waals surface area (Å²) in [5, 5.41) is 20.5. The summed E-state index contributed by atoms with van der Waals surface area (Å²) in [6.07, 6.45) is -2.82. The predicted molar refractivity (Wildman–Crippen MR) is 79.6 cm³/mol. The number of carbonyl (C=O) groups is 1. The molecule has 0 aliphatic heterocycles. The van der Waals surface area contributed by atoms with Gasteiger partial charge in [0.15, 0.2) is 5.78 Å². The molecule has 0 spiro atoms. The maximum absolute atomic E-state index is 12.9. The monoisotopic (exact) mass is 337 g/mol. The standard InChI is InChI=1S/C16H10F3NO4/c17-16(18,19)12-6-2-1-4-10(12)8-9-14(21)11-5-3-7-13(15(11)22)20(23)24/h1-9,22H. The Kier molecular flexibility index (Phi) is 4.68. The van der Waals surface area contributed by atoms with Crippen LogP contribution in [0.15, 0.2) is 48.5 Å². The fraction of sp³-hybridized carbons (Fsp3) is 0.0625. The number of phenolic OH excluding ortho intramolecular Hbond substituents is 1. The molecule has 2 aromatic carbocycles. The number of benzene rings is 2. The van der Waals surface area contributed by atoms with Gasteiger partial charge in [0.2, 0.25) is 5.75 Å². The summed E-state index contributed by atoms with van der Waals surface area (Å²) in [5.74, 6) is -1.69. The molecule has 0 fully saturated rings. The van der Waals surface area contributed by atoms with E-state index < -0.39 is 33.9 Å². The average molecular weight is 337 g/mol. The number of nitro groups is 1. The minimum absolute atomic E-state index is 0.233. The van der Waals surface area contributed by atoms with Crippen LogP contribution >= 0.6 is 0 Å². The quantitative estimate of drug-likeness (QED) is 0.392. The zero-order valence-electron chi connectivity index (χ0n) is 11.9. The Morgan fingerprint density at radius 1 is 1.12 bits per heavy atom. The lowest BCUT2D eigenvalue weighted by molar-refractivity contribution is -0.385. The fourth-order valence-corrected chi connectivity index (χ4v) is 2.03. The average Bonchev–Trinajstić information content (AvgIpc) is 2.52. The van der Waals surface area contributed by atoms with Crippen molar-refractivity contribution in [2.75, 3.05) is 0 Å². The van der Waals surface area contributed by atoms with E-state index in [-0.39, 0.29) is 11.1 Å². The number of halogens is 3. The highest BCUT2D eigenvalue weighted by Gasteiger charge is 2.32. The van der Waals surface area contributed by atoms with Crippen LogP contribution in [0.4, 0.5) is 18.9 Å². The summed E-state index contributed by atoms with van der Waals surface area (Å²) in [5.41, 5.74) is -2.18. The molecule has 2 rings (SSSR count). The van der Waals surface area contributed by atoms with E-state index in [4.69, 9.17) is 0 Å². The lowest BCUT2D eigenvalue weighted by Crippen LogP contribution is -2.07. The minimum Gasteiger partial charge on any atom is -0.502 e. The van der Waals surface area contributed by atoms with Gasteiger partial charge < -0.3 is 5.11 Å². The molecule has 0 saturated heterocycles. The highest BCUT2D eigenvalue weighted by atomic mass is 19.4. The molecule has 24 heavy (non-hydrogen) atoms. The van der Waals surface area contributed by atoms with Gasteiger partial charge in [-0.1, -0.05) is 30.3 Å². The number of allylic oxidation sites excluding steroid dienone is 1. The SMILES string of the molecule is O=C(C=Cc1ccccc1C(F)(F)F)c1cccc([N+](=O)[O-])c1O. The molecule has 0 saturated carbocycles. The molecule has 0 bridgehead atoms. The number of aromatic hydroxyl groups is 1. The second-order valence-electron chi connectivity index (χ2n) is 4.71. The molecule has 124 valence electrons. The third-order valence-corrected chi connectivity index (χ3v) is 3.16. The number of nitro benzene ring substituents is 1. The van der Waals surface area contributed by atoms with Crippen LogP contribution in [0, 0.1) is 10.1 Å². The number of alkyl halides is 3. The Labute approximate surface area is 133 Å². The van der Waals surface area contributed by atoms with Crippen molar-refractivity contribution in [1.29, 1.82) is 0 Å². The van der Waals surface area contributed by atoms with Crippen molar-refractivity contribution in [3.63, 3.8) is 0 Å². The topological polar surface area (TPSA) is 80.4 Å². The second kappa shape index (κ2) is 6.53. The van der Waals surface area contributed by atoms with E-state index in [1.165, 1.54) is 24.3 Å². The van der Waals surface area contributed by atoms with Gasteiger partial charge in [0, 0.05) is 6.07 Å². The van der Waals surface area contributed by atoms with Crippen molar-refractivity contribution in [3.05, 3.63) is 75.3 Å². The number of rotatable bonds is 4. The van der Waals surface area contributed by atoms with E-state index >= 15 is 0 Å². The molecule has 0 unspecified atom stereocenters. The number of hydrogen-bond acceptors (Lipinski definition) is 4. The van der Waals surface area contributed by atoms with Gasteiger partial charge in [0.1, 0.15) is 0 Å². The molecule has 0 atom stereocenters. The summed E-state index contributed by atoms with van der Waals surface area (Å²) >= 11 is 0. The molecule has 1 N–H and O–H groups in total. The summed E-state index contributed by atoms with van der Waals surface area (Å²) in [6.45, 7) is 0. The van der Waals surface area contributed by atoms with Crippen molar-refractivity contribution in [3.8, 4) is 5.75 Å². The van der Waals surface area contributed by atoms with Crippen LogP contribution in [0.1, 0.15) is 21.5 Å². The van der Waals surface area contributed by atoms with Gasteiger partial charge in [-0.3, -0.25) is 14.9 Å². The number of nitrogens with zero attached hydrogens (tertiary/aromatic N) is 1. The van der Waals surface area contributed by atoms with Gasteiger partial charge in [0.25, 0.3) is 0 Å². The summed E-state index contributed by atoms with van der Waals surface area (Å²) in [7, 11) is 0. The minimum atomic E-state index is -4.59. The van der Waals surface area contributed by atoms with E-state index in [9.17, 15) is 33.2 Å². The molecule has 0 aliphatic rings. The van der Waals surface area contributed by atoms with Crippen LogP contribution in [0.3, 0.4) is 0 Å². The van der Waals surface area contributed by atoms with Crippen LogP contribution in [0.2, 0.25) is 0 Å². The van der Waals surface area contributed by atoms with E-state index in [1.54, 1.807) is 0 Å². The number of hydrogen-bond donors (Lipinski definition) is 1. The van der Waals surface area contributed by atoms with E-state index in [0.29, 0.717) is 0 Å². The molecule has 8 heteroatoms. The van der Waals surface area contributed by atoms with Gasteiger partial charge in [-0.2, -0.15) is 13.2 Å². The van der Waals surface area contributed by atoms with Crippen LogP contribution < -0.4 is 0 Å². The first-order valence-corrected chi connectivity index (χ1v) is 6.57. The van der Waals surface area contributed by atoms with Crippen molar-refractivity contribution in [2.24, 2.45) is 0 Å². The highest BCUT2D eigenvalue weighted by molar-refractivity contribution is 6.09. The Morgan fingerprint density at radius 2 is 1.79 bits per heavy atom. The maximum Gasteiger partial charge on any atom is 0.416 e. The molecule has 0 aliphatic carbocycles. The van der Waals surface area contributed by atoms with Crippen molar-refractivity contribution in [2.45, 2.75) is 6.18 Å². The van der Waals surface area contributed by atoms with Crippen LogP contribution in [0.25, 0.3) is 6.08 Å². The zero-order chi connectivity index (χ0) is 17.9. The zero-order valence-corrected chi connectivity index (χ0v) is 11.9. The first-order chi connectivity index (χ1) is 11.2. The van der Waals surface area contributed by atoms with E-state index in [0.717, 1.165) is 30.4 Å². The van der Waals surface area contributed by atoms with Gasteiger partial charge in [-0.05, 0) is 23.8 Å². The van der Waals surface area contributed by atoms with E-state index in [1.807, 2.05) is 0 Å². The molecule has 0 heterocycles. The first kappa shape index (κ1) is 17.2. The van der Waals surface area contributed by atoms with Gasteiger partial charge in [0.05, 0.1) is 16.1 Å². The van der Waals surface area contributed by atoms with Gasteiger partial charge in [-0.25, -0.2) is 0 Å². The van der Waals surface area contributed by atoms with Crippen molar-refractivity contribution >= 4 is 17.5 Å². The lowest BCUT2D eigenvalue weighted by atomic mass is 10.0. The van der Waals surface area contributed by atoms with E-state index in [2.05, 4.69) is 0 Å². The smallest absolute Gasteiger partial charge is 0.416 e. The fourth-order valence-electron chi connectivity index (χ4n) is 2.03. The van der Waals surface area contributed by atoms with Crippen LogP contribution in [-0.2, 0) is 6.18 Å². The third-order valence-electron chi connectivity index (χ3n) is 3.16. The van der Waals surface area contributed by atoms with Crippen molar-refractivity contribution < 1.29 is 28.0 Å². The first-order valence-electron chi connectivity index (χ1n) is 6.57. The van der Waals surface area contributed by atoms with Crippen LogP contribution in [-0.4, -0.2) is 15.8 Å². The molecular weight excluding hydrogens is 327 g/mol. The Morgan fingerprint density at radius 3 is 2.42 bits per heavy atom. The Bertz CT molecular complexity index is 828.